The molecule has 1 atom stereocenters. The van der Waals surface area contributed by atoms with Crippen molar-refractivity contribution in [2.24, 2.45) is 0 Å². The van der Waals surface area contributed by atoms with Gasteiger partial charge in [-0.1, -0.05) is 42.5 Å². The van der Waals surface area contributed by atoms with Crippen molar-refractivity contribution >= 4 is 17.4 Å². The summed E-state index contributed by atoms with van der Waals surface area (Å²) in [6, 6.07) is 20.5. The molecule has 1 saturated heterocycles. The molecule has 1 unspecified atom stereocenters. The monoisotopic (exact) mass is 473 g/mol. The Labute approximate surface area is 204 Å². The number of likely N-dealkylation sites (tertiary alicyclic amines) is 1. The van der Waals surface area contributed by atoms with Crippen molar-refractivity contribution in [2.75, 3.05) is 20.8 Å². The standard InChI is InChI=1S/C28H27NO6/c1-4-35-20-15-13-18(14-16-20)25-24(26(30)21-10-6-8-12-23(21)34-3)27(31)28(32)29(25)17-19-9-5-7-11-22(19)33-2/h5-16,25,30H,4,17H2,1-3H3/b26-24-. The molecule has 1 amide bonds. The van der Waals surface area contributed by atoms with Crippen molar-refractivity contribution in [2.45, 2.75) is 19.5 Å². The van der Waals surface area contributed by atoms with Gasteiger partial charge in [-0.05, 0) is 42.8 Å². The van der Waals surface area contributed by atoms with Crippen LogP contribution in [0, 0.1) is 0 Å². The molecule has 1 aliphatic rings. The van der Waals surface area contributed by atoms with Crippen molar-refractivity contribution in [1.29, 1.82) is 0 Å². The van der Waals surface area contributed by atoms with Crippen molar-refractivity contribution < 1.29 is 28.9 Å². The second kappa shape index (κ2) is 10.3. The molecule has 7 heteroatoms. The normalized spacial score (nSPS) is 16.9. The smallest absolute Gasteiger partial charge is 0.295 e. The fourth-order valence-corrected chi connectivity index (χ4v) is 4.31. The van der Waals surface area contributed by atoms with Gasteiger partial charge >= 0.3 is 0 Å². The summed E-state index contributed by atoms with van der Waals surface area (Å²) in [4.78, 5) is 28.1. The highest BCUT2D eigenvalue weighted by Crippen LogP contribution is 2.42. The van der Waals surface area contributed by atoms with Gasteiger partial charge < -0.3 is 24.2 Å². The number of benzene rings is 3. The van der Waals surface area contributed by atoms with Crippen molar-refractivity contribution in [1.82, 2.24) is 4.90 Å². The third kappa shape index (κ3) is 4.57. The highest BCUT2D eigenvalue weighted by Gasteiger charge is 2.46. The van der Waals surface area contributed by atoms with Gasteiger partial charge in [0.2, 0.25) is 0 Å². The lowest BCUT2D eigenvalue weighted by Crippen LogP contribution is -2.29. The number of para-hydroxylation sites is 2. The zero-order valence-electron chi connectivity index (χ0n) is 19.9. The lowest BCUT2D eigenvalue weighted by atomic mass is 9.94. The number of hydrogen-bond acceptors (Lipinski definition) is 6. The number of ether oxygens (including phenoxy) is 3. The fourth-order valence-electron chi connectivity index (χ4n) is 4.31. The van der Waals surface area contributed by atoms with Crippen LogP contribution in [0.2, 0.25) is 0 Å². The minimum absolute atomic E-state index is 0.00134. The number of aliphatic hydroxyl groups is 1. The van der Waals surface area contributed by atoms with E-state index in [1.54, 1.807) is 61.7 Å². The maximum Gasteiger partial charge on any atom is 0.295 e. The molecule has 0 aromatic heterocycles. The summed E-state index contributed by atoms with van der Waals surface area (Å²) in [7, 11) is 3.04. The number of Topliss-reactive ketones (excluding diaryl/α,β-unsaturated/α-hetero) is 1. The average Bonchev–Trinajstić information content (AvgIpc) is 3.14. The molecule has 1 heterocycles. The molecule has 1 fully saturated rings. The minimum Gasteiger partial charge on any atom is -0.507 e. The molecular weight excluding hydrogens is 446 g/mol. The summed E-state index contributed by atoms with van der Waals surface area (Å²) in [6.07, 6.45) is 0. The number of ketones is 1. The first kappa shape index (κ1) is 23.9. The van der Waals surface area contributed by atoms with Crippen LogP contribution >= 0.6 is 0 Å². The number of carbonyl (C=O) groups excluding carboxylic acids is 2. The van der Waals surface area contributed by atoms with Crippen LogP contribution in [0.3, 0.4) is 0 Å². The maximum absolute atomic E-state index is 13.3. The summed E-state index contributed by atoms with van der Waals surface area (Å²) in [5.74, 6) is -0.0887. The Kier molecular flexibility index (Phi) is 7.06. The van der Waals surface area contributed by atoms with Crippen LogP contribution in [0.5, 0.6) is 17.2 Å². The Morgan fingerprint density at radius 3 is 2.17 bits per heavy atom. The van der Waals surface area contributed by atoms with Crippen LogP contribution in [0.15, 0.2) is 78.4 Å². The summed E-state index contributed by atoms with van der Waals surface area (Å²) < 4.78 is 16.4. The topological polar surface area (TPSA) is 85.3 Å². The van der Waals surface area contributed by atoms with Gasteiger partial charge in [0.25, 0.3) is 11.7 Å². The van der Waals surface area contributed by atoms with E-state index in [9.17, 15) is 14.7 Å². The van der Waals surface area contributed by atoms with Crippen molar-refractivity contribution in [3.05, 3.63) is 95.1 Å². The number of aliphatic hydroxyl groups excluding tert-OH is 1. The van der Waals surface area contributed by atoms with Gasteiger partial charge in [-0.15, -0.1) is 0 Å². The molecule has 1 aliphatic heterocycles. The molecule has 35 heavy (non-hydrogen) atoms. The van der Waals surface area contributed by atoms with E-state index in [2.05, 4.69) is 0 Å². The Hall–Kier alpha value is -4.26. The molecule has 3 aromatic rings. The molecule has 0 saturated carbocycles. The number of methoxy groups -OCH3 is 2. The van der Waals surface area contributed by atoms with E-state index in [4.69, 9.17) is 14.2 Å². The first-order valence-corrected chi connectivity index (χ1v) is 11.3. The zero-order valence-corrected chi connectivity index (χ0v) is 19.9. The Balaban J connectivity index is 1.87. The van der Waals surface area contributed by atoms with Crippen LogP contribution in [-0.4, -0.2) is 42.5 Å². The van der Waals surface area contributed by atoms with E-state index < -0.39 is 17.7 Å². The van der Waals surface area contributed by atoms with Crippen LogP contribution in [0.4, 0.5) is 0 Å². The number of amides is 1. The number of nitrogens with zero attached hydrogens (tertiary/aromatic N) is 1. The van der Waals surface area contributed by atoms with Crippen molar-refractivity contribution in [3.8, 4) is 17.2 Å². The van der Waals surface area contributed by atoms with Gasteiger partial charge in [0.05, 0.1) is 44.5 Å². The number of carbonyl (C=O) groups is 2. The predicted molar refractivity (Wildman–Crippen MR) is 131 cm³/mol. The Morgan fingerprint density at radius 2 is 1.51 bits per heavy atom. The van der Waals surface area contributed by atoms with Crippen LogP contribution in [-0.2, 0) is 16.1 Å². The van der Waals surface area contributed by atoms with Crippen LogP contribution in [0.1, 0.15) is 29.7 Å². The second-order valence-corrected chi connectivity index (χ2v) is 7.94. The van der Waals surface area contributed by atoms with Gasteiger partial charge in [-0.3, -0.25) is 9.59 Å². The highest BCUT2D eigenvalue weighted by atomic mass is 16.5. The first-order chi connectivity index (χ1) is 17.0. The van der Waals surface area contributed by atoms with Crippen LogP contribution < -0.4 is 14.2 Å². The predicted octanol–water partition coefficient (Wildman–Crippen LogP) is 4.72. The lowest BCUT2D eigenvalue weighted by molar-refractivity contribution is -0.140. The molecule has 3 aromatic carbocycles. The molecule has 7 nitrogen and oxygen atoms in total. The van der Waals surface area contributed by atoms with Gasteiger partial charge in [0.1, 0.15) is 23.0 Å². The van der Waals surface area contributed by atoms with E-state index in [-0.39, 0.29) is 17.9 Å². The second-order valence-electron chi connectivity index (χ2n) is 7.94. The maximum atomic E-state index is 13.3. The number of hydrogen-bond donors (Lipinski definition) is 1. The fraction of sp³-hybridized carbons (Fsp3) is 0.214. The van der Waals surface area contributed by atoms with Gasteiger partial charge in [0.15, 0.2) is 0 Å². The summed E-state index contributed by atoms with van der Waals surface area (Å²) in [5, 5.41) is 11.3. The van der Waals surface area contributed by atoms with E-state index in [0.717, 1.165) is 5.56 Å². The van der Waals surface area contributed by atoms with E-state index in [1.165, 1.54) is 12.0 Å². The molecule has 4 rings (SSSR count). The third-order valence-electron chi connectivity index (χ3n) is 5.94. The lowest BCUT2D eigenvalue weighted by Gasteiger charge is -2.26. The average molecular weight is 474 g/mol. The largest absolute Gasteiger partial charge is 0.507 e. The van der Waals surface area contributed by atoms with Gasteiger partial charge in [-0.25, -0.2) is 0 Å². The molecule has 0 radical (unpaired) electrons. The van der Waals surface area contributed by atoms with E-state index in [0.29, 0.717) is 35.0 Å². The molecule has 1 N–H and O–H groups in total. The minimum atomic E-state index is -0.819. The quantitative estimate of drug-likeness (QED) is 0.289. The van der Waals surface area contributed by atoms with E-state index in [1.807, 2.05) is 25.1 Å². The third-order valence-corrected chi connectivity index (χ3v) is 5.94. The molecular formula is C28H27NO6. The Morgan fingerprint density at radius 1 is 0.886 bits per heavy atom. The first-order valence-electron chi connectivity index (χ1n) is 11.3. The van der Waals surface area contributed by atoms with Crippen molar-refractivity contribution in [3.63, 3.8) is 0 Å². The summed E-state index contributed by atoms with van der Waals surface area (Å²) in [5.41, 5.74) is 1.74. The summed E-state index contributed by atoms with van der Waals surface area (Å²) >= 11 is 0. The van der Waals surface area contributed by atoms with Crippen LogP contribution in [0.25, 0.3) is 5.76 Å². The molecule has 0 aliphatic carbocycles. The molecule has 0 bridgehead atoms. The Bertz CT molecular complexity index is 1260. The summed E-state index contributed by atoms with van der Waals surface area (Å²) in [6.45, 7) is 2.53. The van der Waals surface area contributed by atoms with Gasteiger partial charge in [-0.2, -0.15) is 0 Å². The zero-order chi connectivity index (χ0) is 24.9. The molecule has 0 spiro atoms. The number of rotatable bonds is 8. The highest BCUT2D eigenvalue weighted by molar-refractivity contribution is 6.46. The van der Waals surface area contributed by atoms with E-state index >= 15 is 0 Å². The van der Waals surface area contributed by atoms with Gasteiger partial charge in [0, 0.05) is 5.56 Å². The SMILES string of the molecule is CCOc1ccc(C2/C(=C(/O)c3ccccc3OC)C(=O)C(=O)N2Cc2ccccc2OC)cc1. The molecule has 180 valence electrons.